The van der Waals surface area contributed by atoms with E-state index in [0.29, 0.717) is 11.4 Å². The summed E-state index contributed by atoms with van der Waals surface area (Å²) in [5.41, 5.74) is 1.27. The molecule has 28 heavy (non-hydrogen) atoms. The van der Waals surface area contributed by atoms with Crippen LogP contribution in [0.2, 0.25) is 5.02 Å². The first-order valence-corrected chi connectivity index (χ1v) is 10.3. The number of benzene rings is 3. The summed E-state index contributed by atoms with van der Waals surface area (Å²) >= 11 is 5.83. The first kappa shape index (κ1) is 20.2. The van der Waals surface area contributed by atoms with Crippen molar-refractivity contribution in [3.8, 4) is 5.75 Å². The van der Waals surface area contributed by atoms with Crippen molar-refractivity contribution in [3.63, 3.8) is 0 Å². The van der Waals surface area contributed by atoms with E-state index in [-0.39, 0.29) is 9.92 Å². The number of halogens is 2. The van der Waals surface area contributed by atoms with Crippen molar-refractivity contribution >= 4 is 27.3 Å². The number of rotatable bonds is 6. The van der Waals surface area contributed by atoms with Crippen molar-refractivity contribution in [1.82, 2.24) is 0 Å². The maximum Gasteiger partial charge on any atom is 0.264 e. The zero-order valence-electron chi connectivity index (χ0n) is 15.3. The molecule has 0 saturated heterocycles. The minimum Gasteiger partial charge on any atom is -0.497 e. The van der Waals surface area contributed by atoms with Gasteiger partial charge < -0.3 is 4.74 Å². The summed E-state index contributed by atoms with van der Waals surface area (Å²) in [4.78, 5) is -0.0856. The molecule has 3 aromatic rings. The van der Waals surface area contributed by atoms with Crippen molar-refractivity contribution in [2.75, 3.05) is 11.4 Å². The Morgan fingerprint density at radius 3 is 2.21 bits per heavy atom. The lowest BCUT2D eigenvalue weighted by Gasteiger charge is -2.31. The second kappa shape index (κ2) is 8.20. The van der Waals surface area contributed by atoms with Gasteiger partial charge in [0.1, 0.15) is 11.6 Å². The number of sulfonamides is 1. The van der Waals surface area contributed by atoms with Crippen LogP contribution in [-0.4, -0.2) is 15.5 Å². The fourth-order valence-electron chi connectivity index (χ4n) is 2.92. The molecule has 1 unspecified atom stereocenters. The molecule has 0 aromatic heterocycles. The smallest absolute Gasteiger partial charge is 0.264 e. The van der Waals surface area contributed by atoms with E-state index in [0.717, 1.165) is 17.7 Å². The summed E-state index contributed by atoms with van der Waals surface area (Å²) in [5.74, 6) is -0.0639. The molecule has 0 heterocycles. The van der Waals surface area contributed by atoms with Crippen molar-refractivity contribution in [1.29, 1.82) is 0 Å². The van der Waals surface area contributed by atoms with Crippen LogP contribution in [0.25, 0.3) is 0 Å². The zero-order valence-corrected chi connectivity index (χ0v) is 16.9. The summed E-state index contributed by atoms with van der Waals surface area (Å²) in [6, 6.07) is 18.9. The van der Waals surface area contributed by atoms with Crippen LogP contribution < -0.4 is 9.04 Å². The normalized spacial score (nSPS) is 12.4. The van der Waals surface area contributed by atoms with Gasteiger partial charge in [-0.15, -0.1) is 0 Å². The lowest BCUT2D eigenvalue weighted by atomic mass is 10.1. The second-order valence-corrected chi connectivity index (χ2v) is 8.38. The number of hydrogen-bond donors (Lipinski definition) is 0. The lowest BCUT2D eigenvalue weighted by molar-refractivity contribution is 0.415. The SMILES string of the molecule is COc1ccc(N(C(C)c2ccccc2)S(=O)(=O)c2ccc(F)c(Cl)c2)cc1. The molecule has 0 aliphatic heterocycles. The van der Waals surface area contributed by atoms with Crippen LogP contribution in [0.5, 0.6) is 5.75 Å². The topological polar surface area (TPSA) is 46.6 Å². The molecule has 0 aliphatic rings. The third-order valence-electron chi connectivity index (χ3n) is 4.41. The van der Waals surface area contributed by atoms with Gasteiger partial charge in [0.05, 0.1) is 28.8 Å². The largest absolute Gasteiger partial charge is 0.497 e. The van der Waals surface area contributed by atoms with Gasteiger partial charge in [0.25, 0.3) is 10.0 Å². The highest BCUT2D eigenvalue weighted by molar-refractivity contribution is 7.92. The van der Waals surface area contributed by atoms with E-state index in [9.17, 15) is 12.8 Å². The van der Waals surface area contributed by atoms with Crippen LogP contribution >= 0.6 is 11.6 Å². The third-order valence-corrected chi connectivity index (χ3v) is 6.59. The van der Waals surface area contributed by atoms with E-state index >= 15 is 0 Å². The van der Waals surface area contributed by atoms with E-state index in [1.165, 1.54) is 17.5 Å². The Balaban J connectivity index is 2.15. The highest BCUT2D eigenvalue weighted by Crippen LogP contribution is 2.35. The predicted octanol–water partition coefficient (Wildman–Crippen LogP) is 5.44. The molecule has 0 bridgehead atoms. The van der Waals surface area contributed by atoms with Gasteiger partial charge in [-0.3, -0.25) is 4.31 Å². The van der Waals surface area contributed by atoms with E-state index in [4.69, 9.17) is 16.3 Å². The summed E-state index contributed by atoms with van der Waals surface area (Å²) in [5, 5.41) is -0.247. The Bertz CT molecular complexity index is 1060. The molecule has 4 nitrogen and oxygen atoms in total. The Labute approximate surface area is 169 Å². The molecular formula is C21H19ClFNO3S. The predicted molar refractivity (Wildman–Crippen MR) is 109 cm³/mol. The Morgan fingerprint density at radius 2 is 1.64 bits per heavy atom. The minimum absolute atomic E-state index is 0.0856. The molecule has 1 atom stereocenters. The summed E-state index contributed by atoms with van der Waals surface area (Å²) in [6.07, 6.45) is 0. The Kier molecular flexibility index (Phi) is 5.91. The van der Waals surface area contributed by atoms with Crippen LogP contribution in [0, 0.1) is 5.82 Å². The highest BCUT2D eigenvalue weighted by Gasteiger charge is 2.31. The maximum atomic E-state index is 13.6. The number of methoxy groups -OCH3 is 1. The average molecular weight is 420 g/mol. The first-order chi connectivity index (χ1) is 13.3. The van der Waals surface area contributed by atoms with Gasteiger partial charge in [-0.25, -0.2) is 12.8 Å². The molecule has 0 fully saturated rings. The fourth-order valence-corrected chi connectivity index (χ4v) is 4.83. The van der Waals surface area contributed by atoms with Crippen LogP contribution in [0.1, 0.15) is 18.5 Å². The zero-order chi connectivity index (χ0) is 20.3. The highest BCUT2D eigenvalue weighted by atomic mass is 35.5. The monoisotopic (exact) mass is 419 g/mol. The Morgan fingerprint density at radius 1 is 1.00 bits per heavy atom. The molecule has 3 aromatic carbocycles. The van der Waals surface area contributed by atoms with Crippen molar-refractivity contribution in [2.45, 2.75) is 17.9 Å². The first-order valence-electron chi connectivity index (χ1n) is 8.53. The molecule has 0 amide bonds. The lowest BCUT2D eigenvalue weighted by Crippen LogP contribution is -2.33. The van der Waals surface area contributed by atoms with Crippen LogP contribution in [0.3, 0.4) is 0 Å². The number of hydrogen-bond acceptors (Lipinski definition) is 3. The van der Waals surface area contributed by atoms with Gasteiger partial charge in [-0.1, -0.05) is 41.9 Å². The summed E-state index contributed by atoms with van der Waals surface area (Å²) in [6.45, 7) is 1.79. The van der Waals surface area contributed by atoms with Crippen molar-refractivity contribution < 1.29 is 17.5 Å². The van der Waals surface area contributed by atoms with Gasteiger partial charge in [0.15, 0.2) is 0 Å². The molecule has 0 radical (unpaired) electrons. The molecule has 0 aliphatic carbocycles. The van der Waals surface area contributed by atoms with Crippen molar-refractivity contribution in [2.24, 2.45) is 0 Å². The van der Waals surface area contributed by atoms with E-state index in [1.54, 1.807) is 31.2 Å². The molecule has 7 heteroatoms. The van der Waals surface area contributed by atoms with Crippen LogP contribution in [-0.2, 0) is 10.0 Å². The molecule has 0 saturated carbocycles. The fraction of sp³-hybridized carbons (Fsp3) is 0.143. The molecule has 146 valence electrons. The van der Waals surface area contributed by atoms with Gasteiger partial charge in [0.2, 0.25) is 0 Å². The van der Waals surface area contributed by atoms with Gasteiger partial charge in [-0.2, -0.15) is 0 Å². The number of ether oxygens (including phenoxy) is 1. The quantitative estimate of drug-likeness (QED) is 0.534. The number of nitrogens with zero attached hydrogens (tertiary/aromatic N) is 1. The Hall–Kier alpha value is -2.57. The average Bonchev–Trinajstić information content (AvgIpc) is 2.71. The van der Waals surface area contributed by atoms with Crippen molar-refractivity contribution in [3.05, 3.63) is 89.2 Å². The van der Waals surface area contributed by atoms with Crippen LogP contribution in [0.4, 0.5) is 10.1 Å². The third kappa shape index (κ3) is 3.98. The minimum atomic E-state index is -4.02. The number of anilines is 1. The summed E-state index contributed by atoms with van der Waals surface area (Å²) < 4.78 is 47.0. The van der Waals surface area contributed by atoms with E-state index in [1.807, 2.05) is 30.3 Å². The summed E-state index contributed by atoms with van der Waals surface area (Å²) in [7, 11) is -2.48. The molecular weight excluding hydrogens is 401 g/mol. The molecule has 0 spiro atoms. The molecule has 0 N–H and O–H groups in total. The second-order valence-electron chi connectivity index (χ2n) is 6.16. The van der Waals surface area contributed by atoms with Crippen LogP contribution in [0.15, 0.2) is 77.7 Å². The molecule has 3 rings (SSSR count). The van der Waals surface area contributed by atoms with Gasteiger partial charge in [0, 0.05) is 0 Å². The van der Waals surface area contributed by atoms with E-state index in [2.05, 4.69) is 0 Å². The maximum absolute atomic E-state index is 13.6. The van der Waals surface area contributed by atoms with Gasteiger partial charge in [-0.05, 0) is 55.0 Å². The standard InChI is InChI=1S/C21H19ClFNO3S/c1-15(16-6-4-3-5-7-16)24(17-8-10-18(27-2)11-9-17)28(25,26)19-12-13-21(23)20(22)14-19/h3-15H,1-2H3. The van der Waals surface area contributed by atoms with Gasteiger partial charge >= 0.3 is 0 Å². The van der Waals surface area contributed by atoms with E-state index < -0.39 is 21.9 Å².